The van der Waals surface area contributed by atoms with Crippen molar-refractivity contribution >= 4 is 5.57 Å². The summed E-state index contributed by atoms with van der Waals surface area (Å²) in [5.41, 5.74) is 14.1. The van der Waals surface area contributed by atoms with Crippen LogP contribution in [-0.2, 0) is 5.41 Å². The van der Waals surface area contributed by atoms with E-state index in [1.54, 1.807) is 6.08 Å². The van der Waals surface area contributed by atoms with Crippen LogP contribution in [0.1, 0.15) is 28.1 Å². The molecular weight excluding hydrogens is 643 g/mol. The van der Waals surface area contributed by atoms with Crippen LogP contribution in [0.4, 0.5) is 0 Å². The number of allylic oxidation sites excluding steroid dienone is 2. The number of hydrogen-bond donors (Lipinski definition) is 0. The zero-order valence-electron chi connectivity index (χ0n) is 29.2. The first kappa shape index (κ1) is 32.0. The Balaban J connectivity index is 1.20. The molecule has 0 saturated heterocycles. The Morgan fingerprint density at radius 3 is 1.57 bits per heavy atom. The summed E-state index contributed by atoms with van der Waals surface area (Å²) in [4.78, 5) is 14.5. The molecule has 1 aromatic heterocycles. The van der Waals surface area contributed by atoms with Gasteiger partial charge < -0.3 is 0 Å². The molecule has 0 bridgehead atoms. The Morgan fingerprint density at radius 1 is 0.434 bits per heavy atom. The van der Waals surface area contributed by atoms with Gasteiger partial charge in [0.05, 0.1) is 5.41 Å². The number of nitrogens with zero attached hydrogens (tertiary/aromatic N) is 3. The van der Waals surface area contributed by atoms with Gasteiger partial charge in [-0.2, -0.15) is 0 Å². The largest absolute Gasteiger partial charge is 0.208 e. The number of fused-ring (bicyclic) bond motifs is 3. The zero-order valence-corrected chi connectivity index (χ0v) is 29.2. The lowest BCUT2D eigenvalue weighted by Crippen LogP contribution is -2.29. The minimum Gasteiger partial charge on any atom is -0.208 e. The standard InChI is InChI=1S/C50H35N3/c1-3-34(2)47-51-48(35-18-7-4-8-19-35)53-49(52-47)39-23-16-21-37(33-39)36-20-15-22-38(32-36)42-29-17-30-44-43-28-13-14-31-45(43)50(46(42)44,40-24-9-5-10-25-40)41-26-11-6-12-27-41/h3-33H,1-2H2. The van der Waals surface area contributed by atoms with E-state index in [4.69, 9.17) is 15.0 Å². The molecule has 0 fully saturated rings. The maximum Gasteiger partial charge on any atom is 0.164 e. The van der Waals surface area contributed by atoms with Gasteiger partial charge in [0.25, 0.3) is 0 Å². The third kappa shape index (κ3) is 5.42. The van der Waals surface area contributed by atoms with Gasteiger partial charge in [0.15, 0.2) is 17.5 Å². The second-order valence-corrected chi connectivity index (χ2v) is 13.3. The summed E-state index contributed by atoms with van der Waals surface area (Å²) in [7, 11) is 0. The zero-order chi connectivity index (χ0) is 35.8. The third-order valence-electron chi connectivity index (χ3n) is 10.3. The van der Waals surface area contributed by atoms with E-state index in [9.17, 15) is 0 Å². The lowest BCUT2D eigenvalue weighted by Gasteiger charge is -2.35. The third-order valence-corrected chi connectivity index (χ3v) is 10.3. The highest BCUT2D eigenvalue weighted by Gasteiger charge is 2.47. The van der Waals surface area contributed by atoms with E-state index in [0.29, 0.717) is 23.0 Å². The Morgan fingerprint density at radius 2 is 0.906 bits per heavy atom. The SMILES string of the molecule is C=CC(=C)c1nc(-c2ccccc2)nc(-c2cccc(-c3cccc(-c4cccc5c4C(c4ccccc4)(c4ccccc4)c4ccccc4-5)c3)c2)n1. The molecule has 1 aliphatic carbocycles. The normalized spacial score (nSPS) is 12.5. The van der Waals surface area contributed by atoms with E-state index in [1.807, 2.05) is 36.4 Å². The van der Waals surface area contributed by atoms with Crippen molar-refractivity contribution in [3.8, 4) is 56.2 Å². The molecule has 9 rings (SSSR count). The number of hydrogen-bond acceptors (Lipinski definition) is 3. The van der Waals surface area contributed by atoms with Crippen LogP contribution in [0, 0.1) is 0 Å². The molecule has 1 aliphatic rings. The fourth-order valence-electron chi connectivity index (χ4n) is 7.90. The van der Waals surface area contributed by atoms with Crippen LogP contribution in [-0.4, -0.2) is 15.0 Å². The van der Waals surface area contributed by atoms with E-state index < -0.39 is 5.41 Å². The number of benzene rings is 7. The van der Waals surface area contributed by atoms with Crippen LogP contribution in [0.2, 0.25) is 0 Å². The van der Waals surface area contributed by atoms with Crippen molar-refractivity contribution in [1.29, 1.82) is 0 Å². The van der Waals surface area contributed by atoms with Crippen LogP contribution < -0.4 is 0 Å². The first-order valence-electron chi connectivity index (χ1n) is 17.8. The van der Waals surface area contributed by atoms with Crippen LogP contribution in [0.5, 0.6) is 0 Å². The monoisotopic (exact) mass is 677 g/mol. The van der Waals surface area contributed by atoms with E-state index in [-0.39, 0.29) is 0 Å². The summed E-state index contributed by atoms with van der Waals surface area (Å²) in [5, 5.41) is 0. The number of rotatable bonds is 8. The molecule has 1 heterocycles. The van der Waals surface area contributed by atoms with Gasteiger partial charge in [-0.1, -0.05) is 189 Å². The van der Waals surface area contributed by atoms with Crippen molar-refractivity contribution < 1.29 is 0 Å². The van der Waals surface area contributed by atoms with Gasteiger partial charge in [-0.15, -0.1) is 0 Å². The smallest absolute Gasteiger partial charge is 0.164 e. The van der Waals surface area contributed by atoms with Gasteiger partial charge in [-0.05, 0) is 67.8 Å². The molecule has 7 aromatic carbocycles. The maximum absolute atomic E-state index is 4.93. The van der Waals surface area contributed by atoms with Crippen molar-refractivity contribution in [2.75, 3.05) is 0 Å². The summed E-state index contributed by atoms with van der Waals surface area (Å²) >= 11 is 0. The quantitative estimate of drug-likeness (QED) is 0.150. The molecule has 0 saturated carbocycles. The predicted octanol–water partition coefficient (Wildman–Crippen LogP) is 12.1. The molecule has 0 atom stereocenters. The maximum atomic E-state index is 4.93. The molecule has 0 N–H and O–H groups in total. The van der Waals surface area contributed by atoms with Crippen molar-refractivity contribution in [3.63, 3.8) is 0 Å². The molecule has 0 amide bonds. The van der Waals surface area contributed by atoms with Gasteiger partial charge in [0.2, 0.25) is 0 Å². The summed E-state index contributed by atoms with van der Waals surface area (Å²) < 4.78 is 0. The first-order chi connectivity index (χ1) is 26.1. The Kier molecular flexibility index (Phi) is 8.02. The van der Waals surface area contributed by atoms with Crippen LogP contribution in [0.25, 0.3) is 61.7 Å². The molecular formula is C50H35N3. The van der Waals surface area contributed by atoms with Crippen molar-refractivity contribution in [2.24, 2.45) is 0 Å². The average Bonchev–Trinajstić information content (AvgIpc) is 3.55. The Hall–Kier alpha value is -6.97. The lowest BCUT2D eigenvalue weighted by atomic mass is 9.66. The fraction of sp³-hybridized carbons (Fsp3) is 0.0200. The summed E-state index contributed by atoms with van der Waals surface area (Å²) in [6.45, 7) is 8.04. The Labute approximate surface area is 310 Å². The van der Waals surface area contributed by atoms with E-state index in [0.717, 1.165) is 27.8 Å². The number of aromatic nitrogens is 3. The second-order valence-electron chi connectivity index (χ2n) is 13.3. The molecule has 0 aliphatic heterocycles. The van der Waals surface area contributed by atoms with Crippen LogP contribution >= 0.6 is 0 Å². The molecule has 3 heteroatoms. The summed E-state index contributed by atoms with van der Waals surface area (Å²) in [6.07, 6.45) is 1.68. The van der Waals surface area contributed by atoms with Crippen LogP contribution in [0.3, 0.4) is 0 Å². The average molecular weight is 678 g/mol. The van der Waals surface area contributed by atoms with Gasteiger partial charge in [0.1, 0.15) is 0 Å². The van der Waals surface area contributed by atoms with Crippen molar-refractivity contribution in [2.45, 2.75) is 5.41 Å². The van der Waals surface area contributed by atoms with Gasteiger partial charge in [-0.25, -0.2) is 15.0 Å². The van der Waals surface area contributed by atoms with Crippen molar-refractivity contribution in [1.82, 2.24) is 15.0 Å². The predicted molar refractivity (Wildman–Crippen MR) is 218 cm³/mol. The molecule has 8 aromatic rings. The molecule has 0 spiro atoms. The van der Waals surface area contributed by atoms with E-state index >= 15 is 0 Å². The molecule has 53 heavy (non-hydrogen) atoms. The lowest BCUT2D eigenvalue weighted by molar-refractivity contribution is 0.770. The topological polar surface area (TPSA) is 38.7 Å². The summed E-state index contributed by atoms with van der Waals surface area (Å²) in [6, 6.07) is 64.9. The highest BCUT2D eigenvalue weighted by Crippen LogP contribution is 2.58. The van der Waals surface area contributed by atoms with Gasteiger partial charge >= 0.3 is 0 Å². The minimum atomic E-state index is -0.497. The first-order valence-corrected chi connectivity index (χ1v) is 17.8. The fourth-order valence-corrected chi connectivity index (χ4v) is 7.90. The van der Waals surface area contributed by atoms with Gasteiger partial charge in [-0.3, -0.25) is 0 Å². The second kappa shape index (κ2) is 13.3. The van der Waals surface area contributed by atoms with Crippen LogP contribution in [0.15, 0.2) is 201 Å². The molecule has 0 radical (unpaired) electrons. The van der Waals surface area contributed by atoms with Gasteiger partial charge in [0, 0.05) is 16.7 Å². The highest BCUT2D eigenvalue weighted by atomic mass is 15.0. The van der Waals surface area contributed by atoms with E-state index in [1.165, 1.54) is 38.9 Å². The molecule has 3 nitrogen and oxygen atoms in total. The summed E-state index contributed by atoms with van der Waals surface area (Å²) in [5.74, 6) is 1.69. The Bertz CT molecular complexity index is 2600. The molecule has 0 unspecified atom stereocenters. The van der Waals surface area contributed by atoms with Crippen molar-refractivity contribution in [3.05, 3.63) is 229 Å². The minimum absolute atomic E-state index is 0.497. The van der Waals surface area contributed by atoms with E-state index in [2.05, 4.69) is 159 Å². The highest BCUT2D eigenvalue weighted by molar-refractivity contribution is 5.93. The molecule has 250 valence electrons.